The number of carbonyl (C=O) groups is 6. The molecular weight excluding hydrogens is 1450 g/mol. The van der Waals surface area contributed by atoms with Crippen molar-refractivity contribution in [1.82, 2.24) is 0 Å². The highest BCUT2D eigenvalue weighted by Crippen LogP contribution is 2.52. The van der Waals surface area contributed by atoms with E-state index in [0.717, 1.165) is 69.1 Å². The summed E-state index contributed by atoms with van der Waals surface area (Å²) in [5.74, 6) is 0.909. The Morgan fingerprint density at radius 2 is 0.927 bits per heavy atom. The van der Waals surface area contributed by atoms with E-state index in [4.69, 9.17) is 38.3 Å². The normalized spacial score (nSPS) is 17.8. The first-order chi connectivity index (χ1) is 51.5. The molecule has 3 aliphatic heterocycles. The minimum absolute atomic E-state index is 0.00956. The van der Waals surface area contributed by atoms with Crippen molar-refractivity contribution in [2.75, 3.05) is 0 Å². The number of hydrogen-bond acceptors (Lipinski definition) is 18. The molecule has 0 amide bonds. The van der Waals surface area contributed by atoms with Gasteiger partial charge in [-0.15, -0.1) is 0 Å². The van der Waals surface area contributed by atoms with Crippen molar-refractivity contribution in [3.05, 3.63) is 169 Å². The van der Waals surface area contributed by atoms with Gasteiger partial charge in [-0.2, -0.15) is 8.78 Å². The Labute approximate surface area is 653 Å². The lowest BCUT2D eigenvalue weighted by atomic mass is 9.75. The van der Waals surface area contributed by atoms with Crippen LogP contribution < -0.4 is 18.9 Å². The molecule has 4 unspecified atom stereocenters. The Kier molecular flexibility index (Phi) is 32.4. The molecule has 110 heavy (non-hydrogen) atoms. The van der Waals surface area contributed by atoms with Crippen molar-refractivity contribution in [3.8, 4) is 28.7 Å². The Bertz CT molecular complexity index is 3980. The molecule has 2 bridgehead atoms. The van der Waals surface area contributed by atoms with Crippen LogP contribution in [-0.4, -0.2) is 88.7 Å². The number of aromatic hydroxyl groups is 1. The van der Waals surface area contributed by atoms with Gasteiger partial charge in [0.05, 0.1) is 55.7 Å². The van der Waals surface area contributed by atoms with Gasteiger partial charge < -0.3 is 47.6 Å². The third kappa shape index (κ3) is 25.2. The number of rotatable bonds is 23. The van der Waals surface area contributed by atoms with Crippen LogP contribution in [0.1, 0.15) is 236 Å². The third-order valence-electron chi connectivity index (χ3n) is 21.7. The number of esters is 6. The summed E-state index contributed by atoms with van der Waals surface area (Å²) in [6, 6.07) is 50.6. The summed E-state index contributed by atoms with van der Waals surface area (Å²) in [5.41, 5.74) is -1.77. The van der Waals surface area contributed by atoms with Gasteiger partial charge in [0, 0.05) is 11.5 Å². The summed E-state index contributed by atoms with van der Waals surface area (Å²) in [4.78, 5) is 74.9. The minimum Gasteiger partial charge on any atom is -0.743 e. The fourth-order valence-electron chi connectivity index (χ4n) is 11.9. The Balaban J connectivity index is 0.000000207. The summed E-state index contributed by atoms with van der Waals surface area (Å²) in [6.07, 6.45) is 14.4. The number of cyclic esters (lactones) is 1. The largest absolute Gasteiger partial charge is 0.743 e. The summed E-state index contributed by atoms with van der Waals surface area (Å²) in [7, 11) is -5.87. The molecule has 11 rings (SSSR count). The fraction of sp³-hybridized carbons (Fsp3) is 0.523. The second-order valence-corrected chi connectivity index (χ2v) is 35.6. The first-order valence-corrected chi connectivity index (χ1v) is 41.0. The molecule has 2 saturated heterocycles. The average Bonchev–Trinajstić information content (AvgIpc) is 1.59. The minimum atomic E-state index is -5.86. The number of fused-ring (bicyclic) bond motifs is 3. The molecular formula is C88H116F2O18S2. The number of hydrogen-bond donors (Lipinski definition) is 1. The average molecular weight is 1560 g/mol. The lowest BCUT2D eigenvalue weighted by Gasteiger charge is -2.40. The van der Waals surface area contributed by atoms with Gasteiger partial charge in [0.1, 0.15) is 46.6 Å². The zero-order valence-corrected chi connectivity index (χ0v) is 68.9. The number of ether oxygens (including phenoxy) is 8. The summed E-state index contributed by atoms with van der Waals surface area (Å²) in [6.45, 7) is 30.7. The van der Waals surface area contributed by atoms with Gasteiger partial charge in [0.15, 0.2) is 30.9 Å². The highest BCUT2D eigenvalue weighted by molar-refractivity contribution is 7.97. The molecule has 1 N–H and O–H groups in total. The van der Waals surface area contributed by atoms with Gasteiger partial charge in [-0.05, 0) is 289 Å². The molecule has 4 fully saturated rings. The first kappa shape index (κ1) is 90.7. The van der Waals surface area contributed by atoms with E-state index in [1.807, 2.05) is 88.3 Å². The van der Waals surface area contributed by atoms with Crippen LogP contribution in [0.25, 0.3) is 0 Å². The lowest BCUT2D eigenvalue weighted by Crippen LogP contribution is -2.46. The van der Waals surface area contributed by atoms with Crippen LogP contribution in [0.3, 0.4) is 0 Å². The van der Waals surface area contributed by atoms with E-state index in [0.29, 0.717) is 60.7 Å². The maximum atomic E-state index is 13.0. The molecule has 3 heterocycles. The molecule has 18 nitrogen and oxygen atoms in total. The van der Waals surface area contributed by atoms with Crippen molar-refractivity contribution in [3.63, 3.8) is 0 Å². The maximum Gasteiger partial charge on any atom is 0.369 e. The fourth-order valence-corrected chi connectivity index (χ4v) is 14.5. The second-order valence-electron chi connectivity index (χ2n) is 32.2. The molecule has 0 spiro atoms. The number of phenols is 1. The van der Waals surface area contributed by atoms with Gasteiger partial charge in [-0.1, -0.05) is 89.2 Å². The number of carbonyl (C=O) groups excluding carboxylic acids is 6. The first-order valence-electron chi connectivity index (χ1n) is 38.4. The van der Waals surface area contributed by atoms with Crippen molar-refractivity contribution in [2.45, 2.75) is 276 Å². The van der Waals surface area contributed by atoms with E-state index in [9.17, 15) is 50.5 Å². The SMILES string of the molecule is CCC(C)(C)C(=O)OC(C)C(F)(F)S(=O)(=O)[O-].CCC(C)(C)C(=O)OC1(C2CC3CCC2O3)CCCC1.CCC(C)(C)C(=O)Oc1ccc(O)cc1.CCC(C)(C)C(=O)Oc1ccc(OC2(C)CCCC2)cc1.CCC(C)(C)C(=O)Oc1ccc2c(c1)COC2=O.c1ccc([S+](c2ccccc2)c2ccccc2)cc1. The summed E-state index contributed by atoms with van der Waals surface area (Å²) >= 11 is 0. The van der Waals surface area contributed by atoms with Gasteiger partial charge in [-0.25, -0.2) is 13.2 Å². The van der Waals surface area contributed by atoms with E-state index in [2.05, 4.69) is 110 Å². The molecule has 22 heteroatoms. The quantitative estimate of drug-likeness (QED) is 0.0206. The van der Waals surface area contributed by atoms with Crippen LogP contribution >= 0.6 is 0 Å². The molecule has 602 valence electrons. The maximum absolute atomic E-state index is 13.0. The van der Waals surface area contributed by atoms with E-state index in [-0.39, 0.29) is 69.7 Å². The third-order valence-corrected chi connectivity index (χ3v) is 24.9. The number of benzene rings is 6. The molecule has 0 radical (unpaired) electrons. The van der Waals surface area contributed by atoms with E-state index in [1.54, 1.807) is 49.4 Å². The van der Waals surface area contributed by atoms with Gasteiger partial charge >= 0.3 is 41.1 Å². The van der Waals surface area contributed by atoms with Gasteiger partial charge in [-0.3, -0.25) is 24.0 Å². The Morgan fingerprint density at radius 1 is 0.545 bits per heavy atom. The van der Waals surface area contributed by atoms with Crippen molar-refractivity contribution in [2.24, 2.45) is 33.0 Å². The van der Waals surface area contributed by atoms with Crippen LogP contribution in [0.15, 0.2) is 172 Å². The topological polar surface area (TPSA) is 254 Å². The monoisotopic (exact) mass is 1560 g/mol. The molecule has 6 aromatic rings. The smallest absolute Gasteiger partial charge is 0.369 e. The van der Waals surface area contributed by atoms with Crippen molar-refractivity contribution in [1.29, 1.82) is 0 Å². The van der Waals surface area contributed by atoms with Crippen molar-refractivity contribution < 1.29 is 93.5 Å². The summed E-state index contributed by atoms with van der Waals surface area (Å²) < 4.78 is 100. The van der Waals surface area contributed by atoms with E-state index >= 15 is 0 Å². The summed E-state index contributed by atoms with van der Waals surface area (Å²) in [5, 5.41) is 4.42. The number of halogens is 2. The molecule has 2 aliphatic carbocycles. The highest BCUT2D eigenvalue weighted by Gasteiger charge is 2.56. The Morgan fingerprint density at radius 3 is 1.33 bits per heavy atom. The predicted octanol–water partition coefficient (Wildman–Crippen LogP) is 20.3. The molecule has 4 atom stereocenters. The highest BCUT2D eigenvalue weighted by atomic mass is 32.2. The number of alkyl halides is 2. The van der Waals surface area contributed by atoms with Crippen LogP contribution in [0.4, 0.5) is 8.78 Å². The zero-order valence-electron chi connectivity index (χ0n) is 67.3. The van der Waals surface area contributed by atoms with Crippen LogP contribution in [-0.2, 0) is 70.5 Å². The molecule has 5 aliphatic rings. The van der Waals surface area contributed by atoms with E-state index < -0.39 is 49.1 Å². The van der Waals surface area contributed by atoms with Gasteiger partial charge in [0.2, 0.25) is 0 Å². The predicted molar refractivity (Wildman–Crippen MR) is 420 cm³/mol. The van der Waals surface area contributed by atoms with E-state index in [1.165, 1.54) is 72.8 Å². The molecule has 0 aromatic heterocycles. The van der Waals surface area contributed by atoms with Gasteiger partial charge in [0.25, 0.3) is 0 Å². The van der Waals surface area contributed by atoms with Crippen molar-refractivity contribution >= 4 is 56.8 Å². The lowest BCUT2D eigenvalue weighted by molar-refractivity contribution is -0.179. The van der Waals surface area contributed by atoms with Crippen LogP contribution in [0.5, 0.6) is 28.7 Å². The standard InChI is InChI=1S/C18H26O3.C18H15S.C17H28O3.C14H16O4.C12H16O3.C9H16F2O5S/c1-5-17(2,3)16(19)20-14-8-10-15(11-9-14)21-18(4)12-6-7-13-18;1-4-10-16(11-5-1)19(17-12-6-2-7-13-17)18-14-8-3-9-15-18;1-4-16(2,3)15(18)20-17(9-5-6-10-17)13-11-12-7-8-14(13)19-12;1-4-14(2,3)13(16)18-10-5-6-11-9(7-10)8-17-12(11)15;1-4-12(2,3)11(14)15-10-7-5-9(13)6-8-10;1-5-8(3,4)7(12)16-6(2)9(10,11)17(13,14)15/h8-11H,5-7,12-13H2,1-4H3;1-15H;12-14H,4-11H2,1-3H3;5-7H,4,8H2,1-3H3;5-8,13H,4H2,1-3H3;6H,5H2,1-4H3,(H,13,14,15)/q;+1;;;;/p-1. The second kappa shape index (κ2) is 39.3. The molecule has 6 aromatic carbocycles. The number of phenolic OH excluding ortho intramolecular Hbond substituents is 1. The molecule has 2 saturated carbocycles. The van der Waals surface area contributed by atoms with Crippen LogP contribution in [0, 0.1) is 33.0 Å². The van der Waals surface area contributed by atoms with Crippen LogP contribution in [0.2, 0.25) is 0 Å². The Hall–Kier alpha value is -8.18. The zero-order chi connectivity index (χ0) is 81.7.